The van der Waals surface area contributed by atoms with E-state index in [0.29, 0.717) is 6.42 Å². The van der Waals surface area contributed by atoms with Crippen molar-refractivity contribution in [3.05, 3.63) is 30.3 Å². The van der Waals surface area contributed by atoms with Crippen molar-refractivity contribution >= 4 is 45.6 Å². The topological polar surface area (TPSA) is 60.4 Å². The van der Waals surface area contributed by atoms with E-state index in [-0.39, 0.29) is 40.9 Å². The zero-order valence-corrected chi connectivity index (χ0v) is 13.4. The van der Waals surface area contributed by atoms with Gasteiger partial charge in [0, 0.05) is 6.42 Å². The first-order chi connectivity index (χ1) is 10.1. The van der Waals surface area contributed by atoms with Crippen LogP contribution in [0, 0.1) is 0 Å². The van der Waals surface area contributed by atoms with Gasteiger partial charge < -0.3 is 4.18 Å². The molecule has 0 aliphatic carbocycles. The Morgan fingerprint density at radius 2 is 1.50 bits per heavy atom. The van der Waals surface area contributed by atoms with E-state index in [1.165, 1.54) is 37.8 Å². The van der Waals surface area contributed by atoms with Crippen LogP contribution in [-0.4, -0.2) is 43.9 Å². The maximum absolute atomic E-state index is 11.8. The van der Waals surface area contributed by atoms with Gasteiger partial charge in [0.25, 0.3) is 0 Å². The summed E-state index contributed by atoms with van der Waals surface area (Å²) in [6.07, 6.45) is 7.70. The predicted octanol–water partition coefficient (Wildman–Crippen LogP) is 3.41. The number of benzene rings is 1. The summed E-state index contributed by atoms with van der Waals surface area (Å²) in [7, 11) is -3.96. The quantitative estimate of drug-likeness (QED) is 0.373. The zero-order chi connectivity index (χ0) is 15.6. The Hall–Kier alpha value is -0.360. The van der Waals surface area contributed by atoms with Crippen molar-refractivity contribution in [2.45, 2.75) is 63.2 Å². The first-order valence-corrected chi connectivity index (χ1v) is 8.99. The molecule has 1 aromatic carbocycles. The van der Waals surface area contributed by atoms with Gasteiger partial charge in [0.05, 0.1) is 0 Å². The van der Waals surface area contributed by atoms with Crippen LogP contribution in [0.25, 0.3) is 0 Å². The van der Waals surface area contributed by atoms with Crippen LogP contribution >= 0.6 is 0 Å². The molecule has 0 aromatic heterocycles. The minimum atomic E-state index is -3.96. The maximum atomic E-state index is 11.8. The first kappa shape index (κ1) is 21.6. The molecule has 6 heteroatoms. The fraction of sp³-hybridized carbons (Fsp3) is 0.562. The van der Waals surface area contributed by atoms with E-state index in [1.807, 2.05) is 0 Å². The molecule has 0 heterocycles. The molecular weight excluding hydrogens is 311 g/mol. The van der Waals surface area contributed by atoms with Crippen molar-refractivity contribution in [3.8, 4) is 0 Å². The second kappa shape index (κ2) is 12.1. The van der Waals surface area contributed by atoms with Gasteiger partial charge in [-0.2, -0.15) is 8.42 Å². The molecule has 0 aliphatic rings. The van der Waals surface area contributed by atoms with Crippen LogP contribution in [0.1, 0.15) is 58.3 Å². The van der Waals surface area contributed by atoms with Gasteiger partial charge >= 0.3 is 45.6 Å². The van der Waals surface area contributed by atoms with E-state index in [1.54, 1.807) is 18.2 Å². The van der Waals surface area contributed by atoms with Gasteiger partial charge in [0.15, 0.2) is 0 Å². The van der Waals surface area contributed by atoms with Gasteiger partial charge in [-0.3, -0.25) is 4.79 Å². The van der Waals surface area contributed by atoms with Gasteiger partial charge in [0.1, 0.15) is 4.90 Å². The molecule has 22 heavy (non-hydrogen) atoms. The summed E-state index contributed by atoms with van der Waals surface area (Å²) in [4.78, 5) is 11.6. The van der Waals surface area contributed by atoms with Crippen LogP contribution in [0.3, 0.4) is 0 Å². The predicted molar refractivity (Wildman–Crippen MR) is 89.5 cm³/mol. The van der Waals surface area contributed by atoms with Crippen molar-refractivity contribution < 1.29 is 17.4 Å². The Balaban J connectivity index is 0.00000441. The fourth-order valence-electron chi connectivity index (χ4n) is 2.03. The first-order valence-electron chi connectivity index (χ1n) is 7.58. The van der Waals surface area contributed by atoms with Gasteiger partial charge in [-0.1, -0.05) is 63.6 Å². The average Bonchev–Trinajstić information content (AvgIpc) is 2.47. The molecule has 1 rings (SSSR count). The molecule has 0 unspecified atom stereocenters. The minimum absolute atomic E-state index is 0. The summed E-state index contributed by atoms with van der Waals surface area (Å²) < 4.78 is 28.2. The van der Waals surface area contributed by atoms with Gasteiger partial charge in [-0.15, -0.1) is 0 Å². The second-order valence-electron chi connectivity index (χ2n) is 5.09. The molecule has 1 aromatic rings. The third kappa shape index (κ3) is 8.93. The molecule has 0 fully saturated rings. The van der Waals surface area contributed by atoms with E-state index >= 15 is 0 Å². The summed E-state index contributed by atoms with van der Waals surface area (Å²) in [5, 5.41) is 0. The molecular formula is C16H25NaO4S. The summed E-state index contributed by atoms with van der Waals surface area (Å²) in [6.45, 7) is 2.17. The summed E-state index contributed by atoms with van der Waals surface area (Å²) in [5.74, 6) is -0.674. The third-order valence-corrected chi connectivity index (χ3v) is 4.47. The van der Waals surface area contributed by atoms with E-state index in [0.717, 1.165) is 12.8 Å². The Bertz CT molecular complexity index is 514. The average molecular weight is 336 g/mol. The SMILES string of the molecule is CCCCCCCCCC(=O)OS(=O)(=O)c1ccccc1.[NaH]. The molecule has 0 atom stereocenters. The Morgan fingerprint density at radius 1 is 0.955 bits per heavy atom. The van der Waals surface area contributed by atoms with Crippen LogP contribution in [0.2, 0.25) is 0 Å². The fourth-order valence-corrected chi connectivity index (χ4v) is 2.94. The van der Waals surface area contributed by atoms with Crippen molar-refractivity contribution in [1.82, 2.24) is 0 Å². The molecule has 0 saturated heterocycles. The number of hydrogen-bond acceptors (Lipinski definition) is 4. The molecule has 120 valence electrons. The van der Waals surface area contributed by atoms with Crippen LogP contribution in [0.4, 0.5) is 0 Å². The second-order valence-corrected chi connectivity index (χ2v) is 6.64. The molecule has 0 radical (unpaired) electrons. The molecule has 0 bridgehead atoms. The third-order valence-electron chi connectivity index (χ3n) is 3.22. The number of hydrogen-bond donors (Lipinski definition) is 0. The molecule has 0 N–H and O–H groups in total. The van der Waals surface area contributed by atoms with Gasteiger partial charge in [0.2, 0.25) is 0 Å². The van der Waals surface area contributed by atoms with E-state index in [4.69, 9.17) is 0 Å². The number of carbonyl (C=O) groups is 1. The number of rotatable bonds is 10. The monoisotopic (exact) mass is 336 g/mol. The van der Waals surface area contributed by atoms with Crippen molar-refractivity contribution in [1.29, 1.82) is 0 Å². The van der Waals surface area contributed by atoms with Crippen molar-refractivity contribution in [2.24, 2.45) is 0 Å². The summed E-state index contributed by atoms with van der Waals surface area (Å²) >= 11 is 0. The molecule has 0 saturated carbocycles. The van der Waals surface area contributed by atoms with Crippen LogP contribution < -0.4 is 0 Å². The van der Waals surface area contributed by atoms with E-state index in [9.17, 15) is 13.2 Å². The van der Waals surface area contributed by atoms with Crippen molar-refractivity contribution in [2.75, 3.05) is 0 Å². The van der Waals surface area contributed by atoms with E-state index in [2.05, 4.69) is 11.1 Å². The van der Waals surface area contributed by atoms with E-state index < -0.39 is 16.1 Å². The van der Waals surface area contributed by atoms with Crippen LogP contribution in [-0.2, 0) is 19.1 Å². The summed E-state index contributed by atoms with van der Waals surface area (Å²) in [5.41, 5.74) is 0. The van der Waals surface area contributed by atoms with Gasteiger partial charge in [-0.05, 0) is 18.6 Å². The molecule has 0 spiro atoms. The Morgan fingerprint density at radius 3 is 2.09 bits per heavy atom. The normalized spacial score (nSPS) is 10.8. The molecule has 0 amide bonds. The summed E-state index contributed by atoms with van der Waals surface area (Å²) in [6, 6.07) is 7.72. The van der Waals surface area contributed by atoms with Crippen molar-refractivity contribution in [3.63, 3.8) is 0 Å². The zero-order valence-electron chi connectivity index (χ0n) is 12.6. The van der Waals surface area contributed by atoms with Crippen LogP contribution in [0.15, 0.2) is 35.2 Å². The number of unbranched alkanes of at least 4 members (excludes halogenated alkanes) is 6. The number of carbonyl (C=O) groups excluding carboxylic acids is 1. The molecule has 4 nitrogen and oxygen atoms in total. The van der Waals surface area contributed by atoms with Crippen LogP contribution in [0.5, 0.6) is 0 Å². The molecule has 0 aliphatic heterocycles. The van der Waals surface area contributed by atoms with Gasteiger partial charge in [-0.25, -0.2) is 0 Å². The standard InChI is InChI=1S/C16H24O4S.Na.H/c1-2-3-4-5-6-7-11-14-16(17)20-21(18,19)15-12-9-8-10-13-15;;/h8-10,12-13H,2-7,11,14H2,1H3;;. The Labute approximate surface area is 156 Å². The Kier molecular flexibility index (Phi) is 11.9.